The van der Waals surface area contributed by atoms with E-state index in [1.54, 1.807) is 11.3 Å². The fourth-order valence-corrected chi connectivity index (χ4v) is 3.85. The van der Waals surface area contributed by atoms with Crippen molar-refractivity contribution in [2.45, 2.75) is 45.8 Å². The molecule has 0 saturated heterocycles. The molecule has 1 aromatic carbocycles. The number of nitrogens with two attached hydrogens (primary N) is 1. The van der Waals surface area contributed by atoms with Gasteiger partial charge in [0.25, 0.3) is 0 Å². The molecule has 0 saturated carbocycles. The molecule has 114 valence electrons. The number of ether oxygens (including phenoxy) is 1. The van der Waals surface area contributed by atoms with Crippen molar-refractivity contribution < 1.29 is 4.74 Å². The first-order valence-electron chi connectivity index (χ1n) is 7.60. The van der Waals surface area contributed by atoms with Crippen LogP contribution < -0.4 is 5.73 Å². The smallest absolute Gasteiger partial charge is 0.126 e. The Balaban J connectivity index is 2.49. The molecule has 0 radical (unpaired) electrons. The molecule has 1 heterocycles. The highest BCUT2D eigenvalue weighted by molar-refractivity contribution is 7.12. The van der Waals surface area contributed by atoms with Crippen LogP contribution in [0.2, 0.25) is 0 Å². The molecule has 0 aliphatic carbocycles. The van der Waals surface area contributed by atoms with E-state index in [0.717, 1.165) is 34.0 Å². The van der Waals surface area contributed by atoms with Crippen molar-refractivity contribution in [3.05, 3.63) is 40.2 Å². The van der Waals surface area contributed by atoms with E-state index < -0.39 is 0 Å². The third-order valence-corrected chi connectivity index (χ3v) is 5.15. The maximum Gasteiger partial charge on any atom is 0.126 e. The molecular formula is C17H24N2OS. The Bertz CT molecular complexity index is 561. The quantitative estimate of drug-likeness (QED) is 0.828. The highest BCUT2D eigenvalue weighted by Gasteiger charge is 2.33. The van der Waals surface area contributed by atoms with Crippen LogP contribution in [0.3, 0.4) is 0 Å². The van der Waals surface area contributed by atoms with E-state index in [-0.39, 0.29) is 5.60 Å². The topological polar surface area (TPSA) is 48.1 Å². The largest absolute Gasteiger partial charge is 0.368 e. The monoisotopic (exact) mass is 304 g/mol. The summed E-state index contributed by atoms with van der Waals surface area (Å²) in [5.41, 5.74) is 7.78. The minimum atomic E-state index is -0.281. The minimum Gasteiger partial charge on any atom is -0.368 e. The summed E-state index contributed by atoms with van der Waals surface area (Å²) in [7, 11) is 0. The molecule has 2 aromatic rings. The van der Waals surface area contributed by atoms with Crippen LogP contribution in [0.4, 0.5) is 0 Å². The van der Waals surface area contributed by atoms with E-state index in [2.05, 4.69) is 26.0 Å². The zero-order valence-electron chi connectivity index (χ0n) is 13.1. The van der Waals surface area contributed by atoms with Gasteiger partial charge in [0.1, 0.15) is 10.6 Å². The van der Waals surface area contributed by atoms with Gasteiger partial charge in [-0.15, -0.1) is 11.3 Å². The lowest BCUT2D eigenvalue weighted by Crippen LogP contribution is -2.28. The van der Waals surface area contributed by atoms with Gasteiger partial charge in [0.2, 0.25) is 0 Å². The predicted octanol–water partition coefficient (Wildman–Crippen LogP) is 4.32. The molecule has 2 N–H and O–H groups in total. The third-order valence-electron chi connectivity index (χ3n) is 3.88. The molecule has 2 rings (SSSR count). The molecule has 1 aromatic heterocycles. The maximum atomic E-state index is 6.07. The summed E-state index contributed by atoms with van der Waals surface area (Å²) in [6.07, 6.45) is 1.84. The van der Waals surface area contributed by atoms with Crippen LogP contribution in [0.25, 0.3) is 11.3 Å². The van der Waals surface area contributed by atoms with Crippen LogP contribution in [0.15, 0.2) is 30.3 Å². The van der Waals surface area contributed by atoms with E-state index >= 15 is 0 Å². The molecule has 0 aliphatic heterocycles. The van der Waals surface area contributed by atoms with Gasteiger partial charge in [0, 0.05) is 23.6 Å². The lowest BCUT2D eigenvalue weighted by molar-refractivity contribution is -0.0505. The van der Waals surface area contributed by atoms with Gasteiger partial charge in [-0.05, 0) is 19.8 Å². The summed E-state index contributed by atoms with van der Waals surface area (Å²) in [4.78, 5) is 6.02. The highest BCUT2D eigenvalue weighted by Crippen LogP contribution is 2.39. The Hall–Kier alpha value is -1.23. The van der Waals surface area contributed by atoms with Crippen LogP contribution >= 0.6 is 11.3 Å². The van der Waals surface area contributed by atoms with Gasteiger partial charge in [-0.3, -0.25) is 0 Å². The molecular weight excluding hydrogens is 280 g/mol. The van der Waals surface area contributed by atoms with Gasteiger partial charge in [-0.2, -0.15) is 0 Å². The first-order valence-corrected chi connectivity index (χ1v) is 8.42. The second-order valence-electron chi connectivity index (χ2n) is 5.00. The molecule has 0 atom stereocenters. The van der Waals surface area contributed by atoms with Gasteiger partial charge in [0.05, 0.1) is 5.69 Å². The zero-order chi connectivity index (χ0) is 15.3. The summed E-state index contributed by atoms with van der Waals surface area (Å²) in [6, 6.07) is 10.2. The average molecular weight is 304 g/mol. The van der Waals surface area contributed by atoms with E-state index in [1.807, 2.05) is 25.1 Å². The van der Waals surface area contributed by atoms with E-state index in [1.165, 1.54) is 0 Å². The van der Waals surface area contributed by atoms with Crippen LogP contribution in [0.1, 0.15) is 43.5 Å². The van der Waals surface area contributed by atoms with E-state index in [0.29, 0.717) is 13.2 Å². The second-order valence-corrected chi connectivity index (χ2v) is 6.08. The van der Waals surface area contributed by atoms with Gasteiger partial charge < -0.3 is 10.5 Å². The Morgan fingerprint density at radius 3 is 2.33 bits per heavy atom. The van der Waals surface area contributed by atoms with Crippen LogP contribution in [-0.2, 0) is 16.9 Å². The number of aromatic nitrogens is 1. The molecule has 4 heteroatoms. The number of nitrogens with zero attached hydrogens (tertiary/aromatic N) is 1. The van der Waals surface area contributed by atoms with E-state index in [9.17, 15) is 0 Å². The minimum absolute atomic E-state index is 0.281. The van der Waals surface area contributed by atoms with Gasteiger partial charge in [-0.1, -0.05) is 44.2 Å². The first-order chi connectivity index (χ1) is 10.2. The predicted molar refractivity (Wildman–Crippen MR) is 89.3 cm³/mol. The van der Waals surface area contributed by atoms with Crippen molar-refractivity contribution in [1.82, 2.24) is 4.98 Å². The Morgan fingerprint density at radius 1 is 1.14 bits per heavy atom. The van der Waals surface area contributed by atoms with Crippen LogP contribution in [0, 0.1) is 0 Å². The SMILES string of the molecule is CCOC(CC)(CC)c1nc(-c2ccccc2)c(CN)s1. The molecule has 21 heavy (non-hydrogen) atoms. The number of thiazole rings is 1. The normalized spacial score (nSPS) is 11.8. The molecule has 0 unspecified atom stereocenters. The second kappa shape index (κ2) is 7.16. The standard InChI is InChI=1S/C17H24N2OS/c1-4-17(5-2,20-6-3)16-19-15(14(12-18)21-16)13-10-8-7-9-11-13/h7-11H,4-6,12,18H2,1-3H3. The Morgan fingerprint density at radius 2 is 1.81 bits per heavy atom. The third kappa shape index (κ3) is 3.18. The summed E-state index contributed by atoms with van der Waals surface area (Å²) in [5, 5.41) is 1.05. The van der Waals surface area contributed by atoms with Crippen molar-refractivity contribution >= 4 is 11.3 Å². The van der Waals surface area contributed by atoms with Gasteiger partial charge >= 0.3 is 0 Å². The summed E-state index contributed by atoms with van der Waals surface area (Å²) in [5.74, 6) is 0. The molecule has 0 aliphatic rings. The lowest BCUT2D eigenvalue weighted by Gasteiger charge is -2.29. The molecule has 0 fully saturated rings. The zero-order valence-corrected chi connectivity index (χ0v) is 13.9. The molecule has 0 amide bonds. The fourth-order valence-electron chi connectivity index (χ4n) is 2.60. The first kappa shape index (κ1) is 16.1. The maximum absolute atomic E-state index is 6.07. The molecule has 0 spiro atoms. The average Bonchev–Trinajstić information content (AvgIpc) is 2.98. The number of hydrogen-bond acceptors (Lipinski definition) is 4. The Kier molecular flexibility index (Phi) is 5.51. The lowest BCUT2D eigenvalue weighted by atomic mass is 9.98. The summed E-state index contributed by atoms with van der Waals surface area (Å²) < 4.78 is 6.07. The molecule has 3 nitrogen and oxygen atoms in total. The number of hydrogen-bond donors (Lipinski definition) is 1. The van der Waals surface area contributed by atoms with Gasteiger partial charge in [0.15, 0.2) is 0 Å². The molecule has 0 bridgehead atoms. The van der Waals surface area contributed by atoms with Crippen molar-refractivity contribution in [1.29, 1.82) is 0 Å². The fraction of sp³-hybridized carbons (Fsp3) is 0.471. The van der Waals surface area contributed by atoms with Gasteiger partial charge in [-0.25, -0.2) is 4.98 Å². The van der Waals surface area contributed by atoms with Crippen LogP contribution in [0.5, 0.6) is 0 Å². The number of benzene rings is 1. The summed E-state index contributed by atoms with van der Waals surface area (Å²) in [6.45, 7) is 7.56. The number of rotatable bonds is 7. The Labute approximate surface area is 131 Å². The van der Waals surface area contributed by atoms with Crippen molar-refractivity contribution in [3.8, 4) is 11.3 Å². The highest BCUT2D eigenvalue weighted by atomic mass is 32.1. The van der Waals surface area contributed by atoms with E-state index in [4.69, 9.17) is 15.5 Å². The van der Waals surface area contributed by atoms with Crippen molar-refractivity contribution in [2.75, 3.05) is 6.61 Å². The van der Waals surface area contributed by atoms with Crippen molar-refractivity contribution in [2.24, 2.45) is 5.73 Å². The van der Waals surface area contributed by atoms with Crippen LogP contribution in [-0.4, -0.2) is 11.6 Å². The van der Waals surface area contributed by atoms with Crippen molar-refractivity contribution in [3.63, 3.8) is 0 Å². The summed E-state index contributed by atoms with van der Waals surface area (Å²) >= 11 is 1.69.